The van der Waals surface area contributed by atoms with E-state index in [0.29, 0.717) is 11.1 Å². The maximum absolute atomic E-state index is 11.6. The summed E-state index contributed by atoms with van der Waals surface area (Å²) >= 11 is 1.44. The Hall–Kier alpha value is -0.650. The van der Waals surface area contributed by atoms with Crippen molar-refractivity contribution in [2.75, 3.05) is 20.6 Å². The first-order valence-electron chi connectivity index (χ1n) is 4.35. The second-order valence-electron chi connectivity index (χ2n) is 3.57. The van der Waals surface area contributed by atoms with E-state index in [1.54, 1.807) is 6.08 Å². The average Bonchev–Trinajstić information content (AvgIpc) is 2.53. The van der Waals surface area contributed by atoms with E-state index in [2.05, 4.69) is 12.0 Å². The summed E-state index contributed by atoms with van der Waals surface area (Å²) in [6.07, 6.45) is 1.79. The zero-order chi connectivity index (χ0) is 10.6. The van der Waals surface area contributed by atoms with Crippen molar-refractivity contribution in [1.29, 1.82) is 0 Å². The minimum Gasteiger partial charge on any atom is -1.00 e. The summed E-state index contributed by atoms with van der Waals surface area (Å²) < 4.78 is 0.417. The van der Waals surface area contributed by atoms with Crippen LogP contribution in [0, 0.1) is 0 Å². The second-order valence-corrected chi connectivity index (χ2v) is 4.52. The summed E-state index contributed by atoms with van der Waals surface area (Å²) in [5.74, 6) is -0.0353. The molecule has 5 heteroatoms. The number of amides is 1. The van der Waals surface area contributed by atoms with Crippen LogP contribution in [-0.4, -0.2) is 31.1 Å². The molecule has 1 aromatic rings. The Labute approximate surface area is 105 Å². The average molecular weight is 291 g/mol. The molecule has 0 bridgehead atoms. The van der Waals surface area contributed by atoms with Crippen molar-refractivity contribution in [2.45, 2.75) is 0 Å². The van der Waals surface area contributed by atoms with E-state index in [-0.39, 0.29) is 22.9 Å². The monoisotopic (exact) mass is 290 g/mol. The number of hydrogen-bond acceptors (Lipinski definition) is 2. The minimum absolute atomic E-state index is 0. The van der Waals surface area contributed by atoms with Crippen molar-refractivity contribution in [1.82, 2.24) is 5.43 Å². The van der Waals surface area contributed by atoms with Crippen LogP contribution < -0.4 is 22.4 Å². The van der Waals surface area contributed by atoms with Gasteiger partial charge in [0, 0.05) is 0 Å². The number of hydrogen-bond donors (Lipinski definition) is 1. The highest BCUT2D eigenvalue weighted by Gasteiger charge is 2.18. The van der Waals surface area contributed by atoms with E-state index in [1.165, 1.54) is 11.3 Å². The van der Waals surface area contributed by atoms with Crippen LogP contribution >= 0.6 is 11.3 Å². The molecule has 0 aliphatic carbocycles. The molecule has 0 aromatic carbocycles. The van der Waals surface area contributed by atoms with Crippen LogP contribution in [0.1, 0.15) is 9.67 Å². The largest absolute Gasteiger partial charge is 1.00 e. The molecule has 1 N–H and O–H groups in total. The SMILES string of the molecule is C=CC[N+](C)(C)NC(=O)c1cccs1.[Br-]. The first-order valence-corrected chi connectivity index (χ1v) is 5.23. The molecule has 1 heterocycles. The van der Waals surface area contributed by atoms with Gasteiger partial charge in [0.2, 0.25) is 0 Å². The van der Waals surface area contributed by atoms with Gasteiger partial charge in [0.05, 0.1) is 19.0 Å². The predicted octanol–water partition coefficient (Wildman–Crippen LogP) is -1.34. The van der Waals surface area contributed by atoms with Gasteiger partial charge >= 0.3 is 5.91 Å². The lowest BCUT2D eigenvalue weighted by molar-refractivity contribution is -0.919. The number of carbonyl (C=O) groups excluding carboxylic acids is 1. The van der Waals surface area contributed by atoms with Crippen molar-refractivity contribution in [2.24, 2.45) is 0 Å². The third-order valence-corrected chi connectivity index (χ3v) is 2.60. The lowest BCUT2D eigenvalue weighted by Crippen LogP contribution is -3.00. The van der Waals surface area contributed by atoms with Crippen LogP contribution in [0.25, 0.3) is 0 Å². The van der Waals surface area contributed by atoms with Gasteiger partial charge in [0.1, 0.15) is 6.54 Å². The van der Waals surface area contributed by atoms with Gasteiger partial charge in [-0.3, -0.25) is 4.79 Å². The lowest BCUT2D eigenvalue weighted by Gasteiger charge is -2.27. The van der Waals surface area contributed by atoms with Gasteiger partial charge in [0.15, 0.2) is 0 Å². The molecule has 0 saturated carbocycles. The quantitative estimate of drug-likeness (QED) is 0.415. The number of thiophene rings is 1. The van der Waals surface area contributed by atoms with Crippen molar-refractivity contribution >= 4 is 17.2 Å². The lowest BCUT2D eigenvalue weighted by atomic mass is 10.4. The van der Waals surface area contributed by atoms with Crippen LogP contribution in [0.4, 0.5) is 0 Å². The number of carbonyl (C=O) groups is 1. The van der Waals surface area contributed by atoms with Crippen LogP contribution in [0.15, 0.2) is 30.2 Å². The van der Waals surface area contributed by atoms with Gasteiger partial charge in [-0.2, -0.15) is 5.43 Å². The molecule has 0 aliphatic rings. The van der Waals surface area contributed by atoms with E-state index in [4.69, 9.17) is 0 Å². The van der Waals surface area contributed by atoms with E-state index in [0.717, 1.165) is 4.88 Å². The Kier molecular flexibility index (Phi) is 5.79. The molecule has 15 heavy (non-hydrogen) atoms. The first-order chi connectivity index (χ1) is 6.55. The molecule has 1 aromatic heterocycles. The predicted molar refractivity (Wildman–Crippen MR) is 59.0 cm³/mol. The van der Waals surface area contributed by atoms with E-state index in [1.807, 2.05) is 31.6 Å². The maximum atomic E-state index is 11.6. The number of rotatable bonds is 4. The van der Waals surface area contributed by atoms with Crippen molar-refractivity contribution in [3.63, 3.8) is 0 Å². The second kappa shape index (κ2) is 6.05. The van der Waals surface area contributed by atoms with Crippen LogP contribution in [0.2, 0.25) is 0 Å². The number of nitrogens with one attached hydrogen (secondary N) is 1. The van der Waals surface area contributed by atoms with Crippen LogP contribution in [0.5, 0.6) is 0 Å². The molecule has 0 fully saturated rings. The Balaban J connectivity index is 0.00000196. The molecule has 0 radical (unpaired) electrons. The summed E-state index contributed by atoms with van der Waals surface area (Å²) in [6, 6.07) is 3.68. The van der Waals surface area contributed by atoms with Crippen LogP contribution in [-0.2, 0) is 0 Å². The number of quaternary nitrogens is 1. The summed E-state index contributed by atoms with van der Waals surface area (Å²) in [5, 5.41) is 1.89. The van der Waals surface area contributed by atoms with E-state index >= 15 is 0 Å². The van der Waals surface area contributed by atoms with Gasteiger partial charge < -0.3 is 17.0 Å². The topological polar surface area (TPSA) is 29.1 Å². The Morgan fingerprint density at radius 1 is 1.67 bits per heavy atom. The molecule has 1 amide bonds. The van der Waals surface area contributed by atoms with Gasteiger partial charge in [-0.05, 0) is 17.5 Å². The third-order valence-electron chi connectivity index (χ3n) is 1.73. The standard InChI is InChI=1S/C10H14N2OS.BrH/c1-4-7-12(2,3)11-10(13)9-6-5-8-14-9;/h4-6,8H,1,7H2,2-3H3;1H. The zero-order valence-electron chi connectivity index (χ0n) is 8.87. The Bertz CT molecular complexity index is 322. The number of nitrogens with zero attached hydrogens (tertiary/aromatic N) is 1. The fourth-order valence-corrected chi connectivity index (χ4v) is 1.72. The van der Waals surface area contributed by atoms with E-state index < -0.39 is 0 Å². The number of halogens is 1. The molecule has 0 aliphatic heterocycles. The smallest absolute Gasteiger partial charge is 0.305 e. The van der Waals surface area contributed by atoms with Gasteiger partial charge in [-0.1, -0.05) is 12.6 Å². The molecular formula is C10H15BrN2OS. The fraction of sp³-hybridized carbons (Fsp3) is 0.300. The molecule has 1 rings (SSSR count). The summed E-state index contributed by atoms with van der Waals surface area (Å²) in [5.41, 5.74) is 2.90. The fourth-order valence-electron chi connectivity index (χ4n) is 1.11. The van der Waals surface area contributed by atoms with E-state index in [9.17, 15) is 4.79 Å². The maximum Gasteiger partial charge on any atom is 0.305 e. The van der Waals surface area contributed by atoms with Gasteiger partial charge in [0.25, 0.3) is 0 Å². The van der Waals surface area contributed by atoms with Crippen LogP contribution in [0.3, 0.4) is 0 Å². The molecule has 84 valence electrons. The first kappa shape index (κ1) is 14.3. The minimum atomic E-state index is -0.0353. The Morgan fingerprint density at radius 2 is 2.33 bits per heavy atom. The zero-order valence-corrected chi connectivity index (χ0v) is 11.3. The molecule has 0 spiro atoms. The molecule has 0 unspecified atom stereocenters. The third kappa shape index (κ3) is 4.59. The molecule has 0 saturated heterocycles. The highest BCUT2D eigenvalue weighted by Crippen LogP contribution is 2.08. The molecular weight excluding hydrogens is 276 g/mol. The highest BCUT2D eigenvalue weighted by atomic mass is 79.9. The summed E-state index contributed by atoms with van der Waals surface area (Å²) in [4.78, 5) is 12.4. The number of likely N-dealkylation sites (N-methyl/N-ethyl adjacent to an activating group) is 1. The summed E-state index contributed by atoms with van der Waals surface area (Å²) in [7, 11) is 3.85. The molecule has 0 atom stereocenters. The van der Waals surface area contributed by atoms with Gasteiger partial charge in [-0.15, -0.1) is 11.3 Å². The Morgan fingerprint density at radius 3 is 2.80 bits per heavy atom. The molecule has 3 nitrogen and oxygen atoms in total. The highest BCUT2D eigenvalue weighted by molar-refractivity contribution is 7.12. The van der Waals surface area contributed by atoms with Crippen molar-refractivity contribution in [3.8, 4) is 0 Å². The summed E-state index contributed by atoms with van der Waals surface area (Å²) in [6.45, 7) is 4.36. The normalized spacial score (nSPS) is 10.3. The van der Waals surface area contributed by atoms with Crippen molar-refractivity contribution in [3.05, 3.63) is 35.0 Å². The van der Waals surface area contributed by atoms with Gasteiger partial charge in [-0.25, -0.2) is 4.59 Å². The van der Waals surface area contributed by atoms with Crippen molar-refractivity contribution < 1.29 is 26.4 Å².